The van der Waals surface area contributed by atoms with Crippen LogP contribution in [0.25, 0.3) is 5.69 Å². The van der Waals surface area contributed by atoms with Crippen LogP contribution in [0.15, 0.2) is 73.1 Å². The van der Waals surface area contributed by atoms with Crippen molar-refractivity contribution in [3.63, 3.8) is 0 Å². The first-order valence-corrected chi connectivity index (χ1v) is 7.96. The normalized spacial score (nSPS) is 11.9. The quantitative estimate of drug-likeness (QED) is 0.745. The summed E-state index contributed by atoms with van der Waals surface area (Å²) in [5.74, 6) is -0.225. The molecule has 4 nitrogen and oxygen atoms in total. The highest BCUT2D eigenvalue weighted by atomic mass is 35.5. The Bertz CT molecular complexity index is 814. The number of rotatable bonds is 5. The molecule has 2 aromatic carbocycles. The third-order valence-corrected chi connectivity index (χ3v) is 3.97. The van der Waals surface area contributed by atoms with Gasteiger partial charge in [0, 0.05) is 35.2 Å². The topological polar surface area (TPSA) is 54.3 Å². The van der Waals surface area contributed by atoms with E-state index in [1.54, 1.807) is 30.3 Å². The minimum Gasteiger partial charge on any atom is -0.387 e. The fourth-order valence-electron chi connectivity index (χ4n) is 2.41. The summed E-state index contributed by atoms with van der Waals surface area (Å²) in [5.41, 5.74) is 2.16. The summed E-state index contributed by atoms with van der Waals surface area (Å²) in [5, 5.41) is 13.5. The summed E-state index contributed by atoms with van der Waals surface area (Å²) >= 11 is 5.83. The average molecular weight is 341 g/mol. The molecule has 0 spiro atoms. The van der Waals surface area contributed by atoms with Crippen molar-refractivity contribution in [2.75, 3.05) is 6.54 Å². The van der Waals surface area contributed by atoms with E-state index in [9.17, 15) is 9.90 Å². The Balaban J connectivity index is 1.65. The van der Waals surface area contributed by atoms with Gasteiger partial charge in [0.2, 0.25) is 0 Å². The zero-order valence-corrected chi connectivity index (χ0v) is 13.6. The Morgan fingerprint density at radius 3 is 2.50 bits per heavy atom. The van der Waals surface area contributed by atoms with Crippen LogP contribution in [0.2, 0.25) is 5.02 Å². The average Bonchev–Trinajstić information content (AvgIpc) is 3.15. The number of hydrogen-bond acceptors (Lipinski definition) is 2. The molecule has 2 N–H and O–H groups in total. The van der Waals surface area contributed by atoms with Crippen molar-refractivity contribution in [1.29, 1.82) is 0 Å². The predicted molar refractivity (Wildman–Crippen MR) is 94.5 cm³/mol. The van der Waals surface area contributed by atoms with Crippen LogP contribution in [0.5, 0.6) is 0 Å². The van der Waals surface area contributed by atoms with Crippen LogP contribution in [0, 0.1) is 0 Å². The van der Waals surface area contributed by atoms with Crippen LogP contribution in [-0.4, -0.2) is 22.1 Å². The van der Waals surface area contributed by atoms with E-state index in [1.807, 2.05) is 47.3 Å². The number of carbonyl (C=O) groups excluding carboxylic acids is 1. The van der Waals surface area contributed by atoms with Gasteiger partial charge in [-0.1, -0.05) is 29.8 Å². The minimum absolute atomic E-state index is 0.133. The number of aromatic nitrogens is 1. The van der Waals surface area contributed by atoms with E-state index in [0.29, 0.717) is 16.1 Å². The minimum atomic E-state index is -0.779. The molecular formula is C19H17ClN2O2. The van der Waals surface area contributed by atoms with Crippen molar-refractivity contribution < 1.29 is 9.90 Å². The van der Waals surface area contributed by atoms with Gasteiger partial charge < -0.3 is 15.0 Å². The molecule has 1 heterocycles. The Labute approximate surface area is 145 Å². The van der Waals surface area contributed by atoms with Gasteiger partial charge in [0.25, 0.3) is 5.91 Å². The monoisotopic (exact) mass is 340 g/mol. The van der Waals surface area contributed by atoms with Crippen molar-refractivity contribution in [3.8, 4) is 5.69 Å². The third kappa shape index (κ3) is 3.85. The highest BCUT2D eigenvalue weighted by molar-refractivity contribution is 6.30. The molecule has 0 aliphatic heterocycles. The number of hydrogen-bond donors (Lipinski definition) is 2. The van der Waals surface area contributed by atoms with Crippen LogP contribution >= 0.6 is 11.6 Å². The molecular weight excluding hydrogens is 324 g/mol. The van der Waals surface area contributed by atoms with Crippen LogP contribution in [-0.2, 0) is 0 Å². The molecule has 122 valence electrons. The lowest BCUT2D eigenvalue weighted by atomic mass is 10.1. The van der Waals surface area contributed by atoms with Gasteiger partial charge in [-0.25, -0.2) is 0 Å². The van der Waals surface area contributed by atoms with Crippen LogP contribution in [0.3, 0.4) is 0 Å². The van der Waals surface area contributed by atoms with Gasteiger partial charge in [-0.15, -0.1) is 0 Å². The lowest BCUT2D eigenvalue weighted by molar-refractivity contribution is 0.0916. The first-order chi connectivity index (χ1) is 11.6. The number of aliphatic hydroxyl groups is 1. The van der Waals surface area contributed by atoms with E-state index >= 15 is 0 Å². The number of carbonyl (C=O) groups is 1. The van der Waals surface area contributed by atoms with E-state index < -0.39 is 6.10 Å². The van der Waals surface area contributed by atoms with E-state index in [0.717, 1.165) is 5.69 Å². The molecule has 0 aliphatic carbocycles. The maximum absolute atomic E-state index is 12.3. The van der Waals surface area contributed by atoms with Crippen LogP contribution in [0.4, 0.5) is 0 Å². The number of nitrogens with one attached hydrogen (secondary N) is 1. The zero-order valence-electron chi connectivity index (χ0n) is 12.9. The third-order valence-electron chi connectivity index (χ3n) is 3.72. The molecule has 0 saturated heterocycles. The van der Waals surface area contributed by atoms with Gasteiger partial charge >= 0.3 is 0 Å². The maximum Gasteiger partial charge on any atom is 0.251 e. The van der Waals surface area contributed by atoms with Crippen LogP contribution in [0.1, 0.15) is 22.0 Å². The standard InChI is InChI=1S/C19H17ClN2O2/c20-16-8-6-14(7-9-16)18(23)13-21-19(24)15-4-3-5-17(12-15)22-10-1-2-11-22/h1-12,18,23H,13H2,(H,21,24)/t18-/m1/s1. The second-order valence-corrected chi connectivity index (χ2v) is 5.85. The lowest BCUT2D eigenvalue weighted by Gasteiger charge is -2.13. The van der Waals surface area contributed by atoms with Gasteiger partial charge in [-0.05, 0) is 48.0 Å². The maximum atomic E-state index is 12.3. The Morgan fingerprint density at radius 2 is 1.79 bits per heavy atom. The molecule has 24 heavy (non-hydrogen) atoms. The summed E-state index contributed by atoms with van der Waals surface area (Å²) in [4.78, 5) is 12.3. The van der Waals surface area contributed by atoms with Gasteiger partial charge in [0.05, 0.1) is 6.10 Å². The molecule has 5 heteroatoms. The zero-order chi connectivity index (χ0) is 16.9. The number of nitrogens with zero attached hydrogens (tertiary/aromatic N) is 1. The Kier molecular flexibility index (Phi) is 4.99. The SMILES string of the molecule is O=C(NC[C@@H](O)c1ccc(Cl)cc1)c1cccc(-n2cccc2)c1. The Hall–Kier alpha value is -2.56. The molecule has 1 amide bonds. The molecule has 0 radical (unpaired) electrons. The van der Waals surface area contributed by atoms with Gasteiger partial charge in [-0.3, -0.25) is 4.79 Å². The molecule has 3 rings (SSSR count). The summed E-state index contributed by atoms with van der Waals surface area (Å²) in [6, 6.07) is 18.1. The lowest BCUT2D eigenvalue weighted by Crippen LogP contribution is -2.28. The van der Waals surface area contributed by atoms with Gasteiger partial charge in [-0.2, -0.15) is 0 Å². The van der Waals surface area contributed by atoms with Gasteiger partial charge in [0.1, 0.15) is 0 Å². The van der Waals surface area contributed by atoms with Crippen molar-refractivity contribution >= 4 is 17.5 Å². The predicted octanol–water partition coefficient (Wildman–Crippen LogP) is 3.59. The first kappa shape index (κ1) is 16.3. The largest absolute Gasteiger partial charge is 0.387 e. The highest BCUT2D eigenvalue weighted by Gasteiger charge is 2.11. The van der Waals surface area contributed by atoms with E-state index in [4.69, 9.17) is 11.6 Å². The second-order valence-electron chi connectivity index (χ2n) is 5.42. The van der Waals surface area contributed by atoms with E-state index in [1.165, 1.54) is 0 Å². The number of aliphatic hydroxyl groups excluding tert-OH is 1. The summed E-state index contributed by atoms with van der Waals surface area (Å²) in [6.45, 7) is 0.133. The number of benzene rings is 2. The summed E-state index contributed by atoms with van der Waals surface area (Å²) in [6.07, 6.45) is 3.06. The Morgan fingerprint density at radius 1 is 1.08 bits per heavy atom. The fourth-order valence-corrected chi connectivity index (χ4v) is 2.53. The summed E-state index contributed by atoms with van der Waals surface area (Å²) < 4.78 is 1.93. The van der Waals surface area contributed by atoms with Crippen molar-refractivity contribution in [2.24, 2.45) is 0 Å². The van der Waals surface area contributed by atoms with Gasteiger partial charge in [0.15, 0.2) is 0 Å². The molecule has 0 fully saturated rings. The molecule has 0 unspecified atom stereocenters. The van der Waals surface area contributed by atoms with Crippen molar-refractivity contribution in [1.82, 2.24) is 9.88 Å². The molecule has 0 bridgehead atoms. The fraction of sp³-hybridized carbons (Fsp3) is 0.105. The van der Waals surface area contributed by atoms with Crippen molar-refractivity contribution in [2.45, 2.75) is 6.10 Å². The second kappa shape index (κ2) is 7.34. The number of amides is 1. The number of halogens is 1. The molecule has 0 saturated carbocycles. The molecule has 1 aromatic heterocycles. The smallest absolute Gasteiger partial charge is 0.251 e. The van der Waals surface area contributed by atoms with E-state index in [2.05, 4.69) is 5.32 Å². The summed E-state index contributed by atoms with van der Waals surface area (Å²) in [7, 11) is 0. The van der Waals surface area contributed by atoms with Crippen LogP contribution < -0.4 is 5.32 Å². The highest BCUT2D eigenvalue weighted by Crippen LogP contribution is 2.16. The molecule has 3 aromatic rings. The molecule has 1 atom stereocenters. The van der Waals surface area contributed by atoms with Crippen molar-refractivity contribution in [3.05, 3.63) is 89.2 Å². The van der Waals surface area contributed by atoms with E-state index in [-0.39, 0.29) is 12.5 Å². The first-order valence-electron chi connectivity index (χ1n) is 7.58. The molecule has 0 aliphatic rings.